The molecule has 0 radical (unpaired) electrons. The van der Waals surface area contributed by atoms with Gasteiger partial charge in [-0.05, 0) is 75.2 Å². The Morgan fingerprint density at radius 3 is 2.80 bits per heavy atom. The summed E-state index contributed by atoms with van der Waals surface area (Å²) >= 11 is 6.53. The van der Waals surface area contributed by atoms with Crippen LogP contribution in [0.3, 0.4) is 0 Å². The summed E-state index contributed by atoms with van der Waals surface area (Å²) in [6.45, 7) is 4.40. The van der Waals surface area contributed by atoms with E-state index in [2.05, 4.69) is 22.1 Å². The van der Waals surface area contributed by atoms with E-state index in [1.165, 1.54) is 18.2 Å². The van der Waals surface area contributed by atoms with Gasteiger partial charge in [0.2, 0.25) is 6.43 Å². The number of hydrogen-bond acceptors (Lipinski definition) is 7. The number of fused-ring (bicyclic) bond motifs is 5. The third-order valence-electron chi connectivity index (χ3n) is 10.6. The molecule has 0 saturated carbocycles. The summed E-state index contributed by atoms with van der Waals surface area (Å²) in [4.78, 5) is 13.4. The summed E-state index contributed by atoms with van der Waals surface area (Å²) in [5.41, 5.74) is -1.16. The van der Waals surface area contributed by atoms with Crippen LogP contribution >= 0.6 is 11.6 Å². The standard InChI is InChI=1S/C34H34ClF4N5O2/c1-33-8-6-20(42-33)15-43(16-33)31-23-12-25(36)27(22-11-21(45)10-18-4-2-5-24(35)26(18)22)28(37)29(23)40-32(41-31)46-17-34-7-3-9-44(34)14-19(13-34)30(38)39/h2,4-5,10-12,19-20,30,42,45H,3,6-9,13-17H2,1H3/t19?,20-,33+,34?/m1/s1. The van der Waals surface area contributed by atoms with Crippen molar-refractivity contribution >= 4 is 39.1 Å². The maximum Gasteiger partial charge on any atom is 0.319 e. The van der Waals surface area contributed by atoms with Gasteiger partial charge in [0, 0.05) is 58.5 Å². The lowest BCUT2D eigenvalue weighted by Gasteiger charge is -2.40. The molecule has 2 N–H and O–H groups in total. The van der Waals surface area contributed by atoms with Crippen LogP contribution in [0.2, 0.25) is 5.02 Å². The molecule has 4 aliphatic rings. The van der Waals surface area contributed by atoms with Gasteiger partial charge < -0.3 is 20.1 Å². The van der Waals surface area contributed by atoms with Gasteiger partial charge in [0.1, 0.15) is 29.5 Å². The van der Waals surface area contributed by atoms with Gasteiger partial charge in [-0.25, -0.2) is 17.6 Å². The molecule has 4 saturated heterocycles. The Kier molecular flexibility index (Phi) is 7.04. The van der Waals surface area contributed by atoms with E-state index in [4.69, 9.17) is 21.3 Å². The maximum absolute atomic E-state index is 16.8. The van der Waals surface area contributed by atoms with Crippen molar-refractivity contribution in [1.29, 1.82) is 0 Å². The Balaban J connectivity index is 1.27. The molecule has 4 aliphatic heterocycles. The number of aromatic hydroxyl groups is 1. The molecule has 7 nitrogen and oxygen atoms in total. The van der Waals surface area contributed by atoms with Crippen molar-refractivity contribution in [1.82, 2.24) is 20.2 Å². The summed E-state index contributed by atoms with van der Waals surface area (Å²) in [6, 6.07) is 9.16. The molecule has 4 aromatic rings. The number of anilines is 1. The first-order chi connectivity index (χ1) is 22.0. The normalized spacial score (nSPS) is 27.8. The molecule has 12 heteroatoms. The number of piperazine rings is 1. The van der Waals surface area contributed by atoms with Crippen LogP contribution in [0.15, 0.2) is 36.4 Å². The van der Waals surface area contributed by atoms with Crippen LogP contribution in [-0.2, 0) is 0 Å². The molecule has 8 rings (SSSR count). The number of alkyl halides is 2. The Morgan fingerprint density at radius 1 is 1.15 bits per heavy atom. The van der Waals surface area contributed by atoms with Crippen LogP contribution in [-0.4, -0.2) is 76.3 Å². The number of rotatable bonds is 6. The van der Waals surface area contributed by atoms with E-state index >= 15 is 8.78 Å². The first-order valence-corrected chi connectivity index (χ1v) is 16.2. The highest BCUT2D eigenvalue weighted by atomic mass is 35.5. The largest absolute Gasteiger partial charge is 0.508 e. The summed E-state index contributed by atoms with van der Waals surface area (Å²) in [5.74, 6) is -2.32. The summed E-state index contributed by atoms with van der Waals surface area (Å²) in [6.07, 6.45) is 1.41. The molecule has 1 aromatic heterocycles. The second-order valence-electron chi connectivity index (χ2n) is 13.8. The molecule has 2 unspecified atom stereocenters. The van der Waals surface area contributed by atoms with Crippen LogP contribution in [0.25, 0.3) is 32.8 Å². The van der Waals surface area contributed by atoms with Gasteiger partial charge in [-0.1, -0.05) is 23.7 Å². The van der Waals surface area contributed by atoms with Crippen LogP contribution in [0.4, 0.5) is 23.4 Å². The van der Waals surface area contributed by atoms with Gasteiger partial charge >= 0.3 is 6.01 Å². The fraction of sp³-hybridized carbons (Fsp3) is 0.471. The fourth-order valence-electron chi connectivity index (χ4n) is 8.52. The first kappa shape index (κ1) is 30.0. The van der Waals surface area contributed by atoms with Gasteiger partial charge in [-0.2, -0.15) is 9.97 Å². The zero-order valence-corrected chi connectivity index (χ0v) is 26.1. The predicted octanol–water partition coefficient (Wildman–Crippen LogP) is 6.92. The Labute approximate surface area is 268 Å². The number of ether oxygens (including phenoxy) is 1. The third kappa shape index (κ3) is 4.85. The van der Waals surface area contributed by atoms with Gasteiger partial charge in [0.25, 0.3) is 0 Å². The molecule has 0 amide bonds. The third-order valence-corrected chi connectivity index (χ3v) is 10.9. The predicted molar refractivity (Wildman–Crippen MR) is 169 cm³/mol. The van der Waals surface area contributed by atoms with E-state index < -0.39 is 29.5 Å². The lowest BCUT2D eigenvalue weighted by Crippen LogP contribution is -2.58. The van der Waals surface area contributed by atoms with E-state index in [9.17, 15) is 13.9 Å². The molecule has 2 bridgehead atoms. The van der Waals surface area contributed by atoms with Crippen LogP contribution in [0.1, 0.15) is 39.0 Å². The average Bonchev–Trinajstić information content (AvgIpc) is 3.65. The SMILES string of the molecule is C[C@]12CC[C@H](CN(c3nc(OCC45CCCN4CC(C(F)F)C5)nc4c(F)c(-c5cc(O)cc6cccc(Cl)c56)c(F)cc34)C1)N2. The van der Waals surface area contributed by atoms with Crippen molar-refractivity contribution in [3.8, 4) is 22.9 Å². The van der Waals surface area contributed by atoms with Crippen molar-refractivity contribution in [3.05, 3.63) is 53.1 Å². The first-order valence-electron chi connectivity index (χ1n) is 15.8. The number of nitrogens with zero attached hydrogens (tertiary/aromatic N) is 4. The number of benzene rings is 3. The van der Waals surface area contributed by atoms with Crippen molar-refractivity contribution in [3.63, 3.8) is 0 Å². The number of nitrogens with one attached hydrogen (secondary N) is 1. The van der Waals surface area contributed by atoms with Crippen molar-refractivity contribution < 1.29 is 27.4 Å². The molecule has 5 heterocycles. The smallest absolute Gasteiger partial charge is 0.319 e. The second kappa shape index (κ2) is 10.8. The second-order valence-corrected chi connectivity index (χ2v) is 14.2. The average molecular weight is 656 g/mol. The summed E-state index contributed by atoms with van der Waals surface area (Å²) in [7, 11) is 0. The Morgan fingerprint density at radius 2 is 2.00 bits per heavy atom. The van der Waals surface area contributed by atoms with Gasteiger partial charge in [-0.3, -0.25) is 4.90 Å². The van der Waals surface area contributed by atoms with E-state index in [-0.39, 0.29) is 57.0 Å². The van der Waals surface area contributed by atoms with Crippen molar-refractivity contribution in [2.24, 2.45) is 5.92 Å². The molecule has 0 spiro atoms. The number of phenolic OH excluding ortho intramolecular Hbond substituents is 1. The minimum Gasteiger partial charge on any atom is -0.508 e. The lowest BCUT2D eigenvalue weighted by molar-refractivity contribution is 0.0783. The molecule has 4 atom stereocenters. The highest BCUT2D eigenvalue weighted by molar-refractivity contribution is 6.36. The van der Waals surface area contributed by atoms with Crippen molar-refractivity contribution in [2.45, 2.75) is 62.6 Å². The van der Waals surface area contributed by atoms with Crippen LogP contribution in [0, 0.1) is 17.6 Å². The number of hydrogen-bond donors (Lipinski definition) is 2. The zero-order valence-electron chi connectivity index (χ0n) is 25.3. The number of halogens is 5. The number of phenols is 1. The number of aromatic nitrogens is 2. The quantitative estimate of drug-likeness (QED) is 0.219. The fourth-order valence-corrected chi connectivity index (χ4v) is 8.80. The molecular formula is C34H34ClF4N5O2. The Bertz CT molecular complexity index is 1880. The van der Waals surface area contributed by atoms with E-state index in [1.807, 2.05) is 4.90 Å². The molecule has 4 fully saturated rings. The minimum atomic E-state index is -2.42. The summed E-state index contributed by atoms with van der Waals surface area (Å²) < 4.78 is 66.7. The monoisotopic (exact) mass is 655 g/mol. The van der Waals surface area contributed by atoms with Gasteiger partial charge in [0.15, 0.2) is 5.82 Å². The van der Waals surface area contributed by atoms with Crippen LogP contribution < -0.4 is 15.0 Å². The van der Waals surface area contributed by atoms with E-state index in [0.717, 1.165) is 25.8 Å². The molecular weight excluding hydrogens is 622 g/mol. The Hall–Kier alpha value is -3.41. The lowest BCUT2D eigenvalue weighted by atomic mass is 9.91. The maximum atomic E-state index is 16.8. The highest BCUT2D eigenvalue weighted by Crippen LogP contribution is 2.45. The minimum absolute atomic E-state index is 0.0875. The van der Waals surface area contributed by atoms with E-state index in [1.54, 1.807) is 18.2 Å². The summed E-state index contributed by atoms with van der Waals surface area (Å²) in [5, 5.41) is 15.5. The molecule has 46 heavy (non-hydrogen) atoms. The van der Waals surface area contributed by atoms with Gasteiger partial charge in [0.05, 0.1) is 11.1 Å². The molecule has 0 aliphatic carbocycles. The topological polar surface area (TPSA) is 73.8 Å². The zero-order chi connectivity index (χ0) is 32.0. The van der Waals surface area contributed by atoms with E-state index in [0.29, 0.717) is 49.1 Å². The molecule has 3 aromatic carbocycles. The van der Waals surface area contributed by atoms with Crippen LogP contribution in [0.5, 0.6) is 11.8 Å². The molecule has 242 valence electrons. The van der Waals surface area contributed by atoms with Crippen molar-refractivity contribution in [2.75, 3.05) is 37.7 Å². The van der Waals surface area contributed by atoms with Gasteiger partial charge in [-0.15, -0.1) is 0 Å². The highest BCUT2D eigenvalue weighted by Gasteiger charge is 2.51.